The van der Waals surface area contributed by atoms with Crippen LogP contribution in [0.1, 0.15) is 12.0 Å². The molecule has 0 radical (unpaired) electrons. The first kappa shape index (κ1) is 10.7. The fourth-order valence-corrected chi connectivity index (χ4v) is 1.86. The van der Waals surface area contributed by atoms with Crippen LogP contribution in [-0.2, 0) is 16.0 Å². The average Bonchev–Trinajstić information content (AvgIpc) is 2.58. The molecule has 1 aliphatic heterocycles. The van der Waals surface area contributed by atoms with Gasteiger partial charge in [0.2, 0.25) is 11.8 Å². The van der Waals surface area contributed by atoms with Gasteiger partial charge >= 0.3 is 0 Å². The molecule has 2 rings (SSSR count). The molecule has 0 bridgehead atoms. The van der Waals surface area contributed by atoms with E-state index >= 15 is 0 Å². The predicted molar refractivity (Wildman–Crippen MR) is 58.0 cm³/mol. The summed E-state index contributed by atoms with van der Waals surface area (Å²) in [7, 11) is 1.60. The largest absolute Gasteiger partial charge is 0.497 e. The third-order valence-corrected chi connectivity index (χ3v) is 2.68. The molecule has 1 fully saturated rings. The smallest absolute Gasteiger partial charge is 0.230 e. The molecule has 0 saturated carbocycles. The Balaban J connectivity index is 2.09. The number of ether oxygens (including phenoxy) is 1. The first-order valence-electron chi connectivity index (χ1n) is 5.15. The van der Waals surface area contributed by atoms with Gasteiger partial charge in [0.25, 0.3) is 0 Å². The molecule has 1 atom stereocenters. The highest BCUT2D eigenvalue weighted by molar-refractivity contribution is 6.03. The van der Waals surface area contributed by atoms with Crippen LogP contribution in [0.2, 0.25) is 0 Å². The van der Waals surface area contributed by atoms with Gasteiger partial charge in [0.1, 0.15) is 5.75 Å². The van der Waals surface area contributed by atoms with Crippen LogP contribution >= 0.6 is 0 Å². The first-order chi connectivity index (χ1) is 7.69. The van der Waals surface area contributed by atoms with E-state index in [1.165, 1.54) is 0 Å². The Bertz CT molecular complexity index is 428. The molecule has 4 nitrogen and oxygen atoms in total. The third-order valence-electron chi connectivity index (χ3n) is 2.68. The van der Waals surface area contributed by atoms with Gasteiger partial charge in [0.15, 0.2) is 0 Å². The maximum absolute atomic E-state index is 11.4. The monoisotopic (exact) mass is 219 g/mol. The van der Waals surface area contributed by atoms with Gasteiger partial charge < -0.3 is 4.74 Å². The predicted octanol–water partition coefficient (Wildman–Crippen LogP) is 0.900. The maximum atomic E-state index is 11.4. The van der Waals surface area contributed by atoms with Crippen molar-refractivity contribution < 1.29 is 14.3 Å². The zero-order valence-corrected chi connectivity index (χ0v) is 9.03. The lowest BCUT2D eigenvalue weighted by molar-refractivity contribution is -0.125. The number of carbonyl (C=O) groups excluding carboxylic acids is 2. The summed E-state index contributed by atoms with van der Waals surface area (Å²) in [4.78, 5) is 22.4. The fourth-order valence-electron chi connectivity index (χ4n) is 1.86. The van der Waals surface area contributed by atoms with Crippen LogP contribution in [0.3, 0.4) is 0 Å². The zero-order chi connectivity index (χ0) is 11.5. The van der Waals surface area contributed by atoms with Gasteiger partial charge in [-0.2, -0.15) is 0 Å². The van der Waals surface area contributed by atoms with E-state index in [0.717, 1.165) is 11.3 Å². The number of benzene rings is 1. The maximum Gasteiger partial charge on any atom is 0.230 e. The molecule has 1 unspecified atom stereocenters. The van der Waals surface area contributed by atoms with E-state index in [0.29, 0.717) is 6.42 Å². The zero-order valence-electron chi connectivity index (χ0n) is 9.03. The van der Waals surface area contributed by atoms with E-state index in [1.54, 1.807) is 7.11 Å². The van der Waals surface area contributed by atoms with Crippen LogP contribution < -0.4 is 10.1 Å². The third kappa shape index (κ3) is 2.21. The fraction of sp³-hybridized carbons (Fsp3) is 0.333. The highest BCUT2D eigenvalue weighted by Gasteiger charge is 2.30. The summed E-state index contributed by atoms with van der Waals surface area (Å²) in [6.45, 7) is 0. The van der Waals surface area contributed by atoms with Gasteiger partial charge in [-0.25, -0.2) is 0 Å². The van der Waals surface area contributed by atoms with E-state index < -0.39 is 0 Å². The molecule has 84 valence electrons. The summed E-state index contributed by atoms with van der Waals surface area (Å²) in [6, 6.07) is 7.54. The molecular formula is C12H13NO3. The van der Waals surface area contributed by atoms with Gasteiger partial charge in [-0.3, -0.25) is 14.9 Å². The van der Waals surface area contributed by atoms with E-state index in [9.17, 15) is 9.59 Å². The van der Waals surface area contributed by atoms with Crippen LogP contribution in [0.25, 0.3) is 0 Å². The number of nitrogens with one attached hydrogen (secondary N) is 1. The molecule has 2 amide bonds. The number of hydrogen-bond acceptors (Lipinski definition) is 3. The molecule has 1 saturated heterocycles. The summed E-state index contributed by atoms with van der Waals surface area (Å²) < 4.78 is 5.10. The Kier molecular flexibility index (Phi) is 2.90. The lowest BCUT2D eigenvalue weighted by Gasteiger charge is -2.07. The molecule has 1 aliphatic rings. The lowest BCUT2D eigenvalue weighted by atomic mass is 9.98. The number of methoxy groups -OCH3 is 1. The highest BCUT2D eigenvalue weighted by Crippen LogP contribution is 2.20. The molecule has 4 heteroatoms. The van der Waals surface area contributed by atoms with E-state index in [2.05, 4.69) is 5.32 Å². The molecule has 1 aromatic rings. The average molecular weight is 219 g/mol. The van der Waals surface area contributed by atoms with Crippen LogP contribution in [0, 0.1) is 5.92 Å². The Morgan fingerprint density at radius 1 is 1.44 bits per heavy atom. The molecular weight excluding hydrogens is 206 g/mol. The number of amides is 2. The standard InChI is InChI=1S/C12H13NO3/c1-16-10-4-2-3-8(6-10)5-9-7-11(14)13-12(9)15/h2-4,6,9H,5,7H2,1H3,(H,13,14,15). The number of imide groups is 1. The molecule has 1 N–H and O–H groups in total. The Morgan fingerprint density at radius 2 is 2.25 bits per heavy atom. The van der Waals surface area contributed by atoms with Gasteiger partial charge in [-0.15, -0.1) is 0 Å². The summed E-state index contributed by atoms with van der Waals surface area (Å²) in [5.41, 5.74) is 1.01. The van der Waals surface area contributed by atoms with E-state index in [4.69, 9.17) is 4.74 Å². The lowest BCUT2D eigenvalue weighted by Crippen LogP contribution is -2.22. The highest BCUT2D eigenvalue weighted by atomic mass is 16.5. The van der Waals surface area contributed by atoms with Crippen molar-refractivity contribution in [3.05, 3.63) is 29.8 Å². The van der Waals surface area contributed by atoms with Crippen LogP contribution in [0.15, 0.2) is 24.3 Å². The summed E-state index contributed by atoms with van der Waals surface area (Å²) in [6.07, 6.45) is 0.866. The Labute approximate surface area is 93.6 Å². The van der Waals surface area contributed by atoms with E-state index in [-0.39, 0.29) is 24.2 Å². The van der Waals surface area contributed by atoms with Crippen molar-refractivity contribution in [3.63, 3.8) is 0 Å². The number of hydrogen-bond donors (Lipinski definition) is 1. The minimum absolute atomic E-state index is 0.173. The van der Waals surface area contributed by atoms with Crippen molar-refractivity contribution in [2.24, 2.45) is 5.92 Å². The normalized spacial score (nSPS) is 19.7. The Morgan fingerprint density at radius 3 is 2.88 bits per heavy atom. The molecule has 0 aliphatic carbocycles. The summed E-state index contributed by atoms with van der Waals surface area (Å²) >= 11 is 0. The van der Waals surface area contributed by atoms with Crippen molar-refractivity contribution in [2.45, 2.75) is 12.8 Å². The van der Waals surface area contributed by atoms with Gasteiger partial charge in [-0.1, -0.05) is 12.1 Å². The van der Waals surface area contributed by atoms with Crippen molar-refractivity contribution in [2.75, 3.05) is 7.11 Å². The molecule has 1 heterocycles. The van der Waals surface area contributed by atoms with Gasteiger partial charge in [0, 0.05) is 6.42 Å². The second-order valence-corrected chi connectivity index (χ2v) is 3.87. The Hall–Kier alpha value is -1.84. The number of carbonyl (C=O) groups is 2. The summed E-state index contributed by atoms with van der Waals surface area (Å²) in [5.74, 6) is 0.174. The van der Waals surface area contributed by atoms with Crippen molar-refractivity contribution in [1.29, 1.82) is 0 Å². The van der Waals surface area contributed by atoms with Gasteiger partial charge in [-0.05, 0) is 24.1 Å². The molecule has 1 aromatic carbocycles. The van der Waals surface area contributed by atoms with Crippen molar-refractivity contribution in [3.8, 4) is 5.75 Å². The second-order valence-electron chi connectivity index (χ2n) is 3.87. The number of rotatable bonds is 3. The van der Waals surface area contributed by atoms with Crippen LogP contribution in [0.4, 0.5) is 0 Å². The minimum Gasteiger partial charge on any atom is -0.497 e. The van der Waals surface area contributed by atoms with Crippen LogP contribution in [-0.4, -0.2) is 18.9 Å². The van der Waals surface area contributed by atoms with Gasteiger partial charge in [0.05, 0.1) is 13.0 Å². The topological polar surface area (TPSA) is 55.4 Å². The quantitative estimate of drug-likeness (QED) is 0.768. The summed E-state index contributed by atoms with van der Waals surface area (Å²) in [5, 5.41) is 2.31. The first-order valence-corrected chi connectivity index (χ1v) is 5.15. The van der Waals surface area contributed by atoms with E-state index in [1.807, 2.05) is 24.3 Å². The molecule has 16 heavy (non-hydrogen) atoms. The molecule has 0 spiro atoms. The van der Waals surface area contributed by atoms with Crippen LogP contribution in [0.5, 0.6) is 5.75 Å². The van der Waals surface area contributed by atoms with Crippen molar-refractivity contribution in [1.82, 2.24) is 5.32 Å². The SMILES string of the molecule is COc1cccc(CC2CC(=O)NC2=O)c1. The van der Waals surface area contributed by atoms with Crippen molar-refractivity contribution >= 4 is 11.8 Å². The molecule has 0 aromatic heterocycles. The minimum atomic E-state index is -0.236. The second kappa shape index (κ2) is 4.35.